The highest BCUT2D eigenvalue weighted by molar-refractivity contribution is 7.88. The number of hydrogen-bond acceptors (Lipinski definition) is 5. The molecule has 0 saturated carbocycles. The lowest BCUT2D eigenvalue weighted by atomic mass is 9.90. The fourth-order valence-corrected chi connectivity index (χ4v) is 2.83. The monoisotopic (exact) mass is 352 g/mol. The second-order valence-corrected chi connectivity index (χ2v) is 6.57. The summed E-state index contributed by atoms with van der Waals surface area (Å²) in [6.07, 6.45) is 2.96. The summed E-state index contributed by atoms with van der Waals surface area (Å²) in [5, 5.41) is 0. The Morgan fingerprint density at radius 1 is 1.17 bits per heavy atom. The van der Waals surface area contributed by atoms with E-state index >= 15 is 0 Å². The molecule has 0 atom stereocenters. The van der Waals surface area contributed by atoms with Crippen LogP contribution in [0.5, 0.6) is 5.75 Å². The Morgan fingerprint density at radius 2 is 1.74 bits per heavy atom. The molecule has 0 fully saturated rings. The van der Waals surface area contributed by atoms with Crippen molar-refractivity contribution in [2.45, 2.75) is 38.1 Å². The van der Waals surface area contributed by atoms with E-state index in [0.717, 1.165) is 18.4 Å². The molecule has 0 heterocycles. The number of rotatable bonds is 4. The zero-order valence-corrected chi connectivity index (χ0v) is 13.1. The smallest absolute Gasteiger partial charge is 0.462 e. The predicted molar refractivity (Wildman–Crippen MR) is 74.6 cm³/mol. The second kappa shape index (κ2) is 6.38. The van der Waals surface area contributed by atoms with E-state index in [9.17, 15) is 26.4 Å². The molecule has 0 bridgehead atoms. The first-order chi connectivity index (χ1) is 10.7. The minimum absolute atomic E-state index is 0.00137. The van der Waals surface area contributed by atoms with E-state index < -0.39 is 27.3 Å². The Morgan fingerprint density at radius 3 is 2.26 bits per heavy atom. The topological polar surface area (TPSA) is 69.7 Å². The number of fused-ring (bicyclic) bond motifs is 1. The van der Waals surface area contributed by atoms with Crippen molar-refractivity contribution >= 4 is 16.1 Å². The molecule has 2 rings (SSSR count). The number of carbonyl (C=O) groups is 1. The molecule has 1 aliphatic carbocycles. The summed E-state index contributed by atoms with van der Waals surface area (Å²) in [7, 11) is -5.86. The second-order valence-electron chi connectivity index (χ2n) is 5.03. The average Bonchev–Trinajstić information content (AvgIpc) is 2.45. The number of ether oxygens (including phenoxy) is 1. The van der Waals surface area contributed by atoms with Crippen LogP contribution in [0.4, 0.5) is 13.2 Å². The number of hydrogen-bond donors (Lipinski definition) is 0. The van der Waals surface area contributed by atoms with E-state index in [2.05, 4.69) is 4.18 Å². The molecule has 1 aromatic carbocycles. The molecule has 23 heavy (non-hydrogen) atoms. The fraction of sp³-hybridized carbons (Fsp3) is 0.500. The van der Waals surface area contributed by atoms with Gasteiger partial charge in [-0.1, -0.05) is 0 Å². The van der Waals surface area contributed by atoms with E-state index in [4.69, 9.17) is 4.74 Å². The summed E-state index contributed by atoms with van der Waals surface area (Å²) >= 11 is 0. The molecule has 0 saturated heterocycles. The van der Waals surface area contributed by atoms with Gasteiger partial charge in [-0.05, 0) is 55.9 Å². The molecule has 9 heteroatoms. The molecule has 0 amide bonds. The summed E-state index contributed by atoms with van der Waals surface area (Å²) in [5.74, 6) is -1.57. The highest BCUT2D eigenvalue weighted by Gasteiger charge is 2.49. The van der Waals surface area contributed by atoms with Crippen LogP contribution in [0.2, 0.25) is 0 Å². The van der Waals surface area contributed by atoms with Gasteiger partial charge in [0.1, 0.15) is 5.56 Å². The van der Waals surface area contributed by atoms with Gasteiger partial charge < -0.3 is 8.92 Å². The Kier molecular flexibility index (Phi) is 4.88. The highest BCUT2D eigenvalue weighted by Crippen LogP contribution is 2.33. The van der Waals surface area contributed by atoms with Gasteiger partial charge in [-0.3, -0.25) is 0 Å². The molecule has 1 aliphatic rings. The van der Waals surface area contributed by atoms with Gasteiger partial charge in [0.2, 0.25) is 0 Å². The number of aryl methyl sites for hydroxylation is 2. The van der Waals surface area contributed by atoms with Crippen LogP contribution in [0.25, 0.3) is 0 Å². The third kappa shape index (κ3) is 3.77. The van der Waals surface area contributed by atoms with Gasteiger partial charge >= 0.3 is 21.6 Å². The van der Waals surface area contributed by atoms with Gasteiger partial charge in [0, 0.05) is 0 Å². The standard InChI is InChI=1S/C14H15F3O5S/c1-2-21-13(18)11-7-9-5-3-4-6-10(9)8-12(11)22-23(19,20)14(15,16)17/h7-8H,2-6H2,1H3. The van der Waals surface area contributed by atoms with Crippen molar-refractivity contribution in [1.82, 2.24) is 0 Å². The van der Waals surface area contributed by atoms with Crippen molar-refractivity contribution in [3.63, 3.8) is 0 Å². The molecule has 0 aromatic heterocycles. The zero-order valence-electron chi connectivity index (χ0n) is 12.3. The summed E-state index contributed by atoms with van der Waals surface area (Å²) in [6.45, 7) is 1.53. The minimum Gasteiger partial charge on any atom is -0.462 e. The van der Waals surface area contributed by atoms with Crippen LogP contribution in [0.3, 0.4) is 0 Å². The molecule has 0 N–H and O–H groups in total. The van der Waals surface area contributed by atoms with Crippen LogP contribution in [0, 0.1) is 0 Å². The van der Waals surface area contributed by atoms with E-state index in [1.165, 1.54) is 19.1 Å². The maximum atomic E-state index is 12.5. The number of esters is 1. The normalized spacial score (nSPS) is 15.0. The largest absolute Gasteiger partial charge is 0.534 e. The molecular formula is C14H15F3O5S. The summed E-state index contributed by atoms with van der Waals surface area (Å²) in [6, 6.07) is 2.54. The maximum absolute atomic E-state index is 12.5. The number of carbonyl (C=O) groups excluding carboxylic acids is 1. The molecule has 0 aliphatic heterocycles. The van der Waals surface area contributed by atoms with E-state index in [-0.39, 0.29) is 12.2 Å². The van der Waals surface area contributed by atoms with Crippen molar-refractivity contribution in [2.75, 3.05) is 6.61 Å². The van der Waals surface area contributed by atoms with Crippen molar-refractivity contribution in [3.8, 4) is 5.75 Å². The third-order valence-corrected chi connectivity index (χ3v) is 4.39. The Hall–Kier alpha value is -1.77. The molecule has 5 nitrogen and oxygen atoms in total. The summed E-state index contributed by atoms with van der Waals surface area (Å²) in [4.78, 5) is 11.9. The highest BCUT2D eigenvalue weighted by atomic mass is 32.2. The minimum atomic E-state index is -5.86. The molecule has 128 valence electrons. The first kappa shape index (κ1) is 17.6. The first-order valence-corrected chi connectivity index (χ1v) is 8.40. The van der Waals surface area contributed by atoms with Crippen LogP contribution in [0.15, 0.2) is 12.1 Å². The molecular weight excluding hydrogens is 337 g/mol. The van der Waals surface area contributed by atoms with Gasteiger partial charge in [0.25, 0.3) is 0 Å². The number of benzene rings is 1. The number of alkyl halides is 3. The lowest BCUT2D eigenvalue weighted by Crippen LogP contribution is -2.29. The Labute approximate surface area is 131 Å². The van der Waals surface area contributed by atoms with Crippen LogP contribution in [-0.2, 0) is 27.7 Å². The summed E-state index contributed by atoms with van der Waals surface area (Å²) in [5.41, 5.74) is -4.43. The van der Waals surface area contributed by atoms with E-state index in [0.29, 0.717) is 18.4 Å². The third-order valence-electron chi connectivity index (χ3n) is 3.42. The van der Waals surface area contributed by atoms with Crippen molar-refractivity contribution in [1.29, 1.82) is 0 Å². The average molecular weight is 352 g/mol. The fourth-order valence-electron chi connectivity index (χ4n) is 2.37. The van der Waals surface area contributed by atoms with Gasteiger partial charge in [0.15, 0.2) is 5.75 Å². The van der Waals surface area contributed by atoms with Gasteiger partial charge in [-0.15, -0.1) is 0 Å². The molecule has 0 spiro atoms. The van der Waals surface area contributed by atoms with Crippen molar-refractivity contribution < 1.29 is 35.3 Å². The predicted octanol–water partition coefficient (Wildman–Crippen LogP) is 2.97. The van der Waals surface area contributed by atoms with Gasteiger partial charge in [-0.25, -0.2) is 4.79 Å². The molecule has 0 unspecified atom stereocenters. The molecule has 1 aromatic rings. The number of halogens is 3. The van der Waals surface area contributed by atoms with E-state index in [1.54, 1.807) is 0 Å². The van der Waals surface area contributed by atoms with Crippen LogP contribution in [-0.4, -0.2) is 26.5 Å². The molecule has 0 radical (unpaired) electrons. The maximum Gasteiger partial charge on any atom is 0.534 e. The van der Waals surface area contributed by atoms with Gasteiger partial charge in [-0.2, -0.15) is 21.6 Å². The van der Waals surface area contributed by atoms with Crippen molar-refractivity contribution in [2.24, 2.45) is 0 Å². The zero-order chi connectivity index (χ0) is 17.3. The van der Waals surface area contributed by atoms with Crippen molar-refractivity contribution in [3.05, 3.63) is 28.8 Å². The quantitative estimate of drug-likeness (QED) is 0.473. The first-order valence-electron chi connectivity index (χ1n) is 6.99. The summed E-state index contributed by atoms with van der Waals surface area (Å²) < 4.78 is 68.9. The Balaban J connectivity index is 2.49. The van der Waals surface area contributed by atoms with Gasteiger partial charge in [0.05, 0.1) is 6.61 Å². The SMILES string of the molecule is CCOC(=O)c1cc2c(cc1OS(=O)(=O)C(F)(F)F)CCCC2. The Bertz CT molecular complexity index is 710. The lowest BCUT2D eigenvalue weighted by molar-refractivity contribution is -0.0500. The van der Waals surface area contributed by atoms with E-state index in [1.807, 2.05) is 0 Å². The van der Waals surface area contributed by atoms with Crippen LogP contribution >= 0.6 is 0 Å². The van der Waals surface area contributed by atoms with Crippen LogP contribution < -0.4 is 4.18 Å². The lowest BCUT2D eigenvalue weighted by Gasteiger charge is -2.19. The van der Waals surface area contributed by atoms with Crippen LogP contribution in [0.1, 0.15) is 41.3 Å².